The molecule has 0 saturated heterocycles. The molecule has 0 saturated carbocycles. The summed E-state index contributed by atoms with van der Waals surface area (Å²) in [5.74, 6) is 0.732. The van der Waals surface area contributed by atoms with Gasteiger partial charge in [0.05, 0.1) is 24.3 Å². The zero-order valence-electron chi connectivity index (χ0n) is 13.6. The van der Waals surface area contributed by atoms with Crippen LogP contribution in [-0.4, -0.2) is 13.1 Å². The van der Waals surface area contributed by atoms with Crippen molar-refractivity contribution in [2.45, 2.75) is 0 Å². The van der Waals surface area contributed by atoms with Crippen LogP contribution in [0.1, 0.15) is 15.9 Å². The lowest BCUT2D eigenvalue weighted by molar-refractivity contribution is 0.0735. The average molecular weight is 329 g/mol. The fourth-order valence-electron chi connectivity index (χ4n) is 2.35. The van der Waals surface area contributed by atoms with Crippen LogP contribution in [0.25, 0.3) is 11.1 Å². The second-order valence-corrected chi connectivity index (χ2v) is 5.33. The first-order valence-corrected chi connectivity index (χ1v) is 7.66. The van der Waals surface area contributed by atoms with Crippen LogP contribution in [0.2, 0.25) is 0 Å². The number of carbonyl (C=O) groups is 1. The minimum atomic E-state index is -0.422. The number of ether oxygens (including phenoxy) is 2. The second-order valence-electron chi connectivity index (χ2n) is 5.33. The van der Waals surface area contributed by atoms with E-state index in [2.05, 4.69) is 6.07 Å². The van der Waals surface area contributed by atoms with Crippen LogP contribution in [0.15, 0.2) is 72.8 Å². The maximum Gasteiger partial charge on any atom is 0.343 e. The molecule has 0 aliphatic carbocycles. The quantitative estimate of drug-likeness (QED) is 0.524. The molecule has 25 heavy (non-hydrogen) atoms. The topological polar surface area (TPSA) is 59.3 Å². The van der Waals surface area contributed by atoms with E-state index in [1.54, 1.807) is 55.6 Å². The highest BCUT2D eigenvalue weighted by Crippen LogP contribution is 2.23. The minimum Gasteiger partial charge on any atom is -0.497 e. The van der Waals surface area contributed by atoms with E-state index >= 15 is 0 Å². The molecule has 122 valence electrons. The third kappa shape index (κ3) is 3.85. The van der Waals surface area contributed by atoms with E-state index in [0.717, 1.165) is 11.1 Å². The largest absolute Gasteiger partial charge is 0.497 e. The Kier molecular flexibility index (Phi) is 4.77. The van der Waals surface area contributed by atoms with Crippen molar-refractivity contribution in [1.29, 1.82) is 5.26 Å². The standard InChI is InChI=1S/C21H15NO3/c1-24-19-10-8-18(9-11-19)21(23)25-20-12-6-17(7-13-20)16-4-2-15(14-22)3-5-16/h2-13H,1H3. The summed E-state index contributed by atoms with van der Waals surface area (Å²) in [6.45, 7) is 0. The first kappa shape index (κ1) is 16.3. The molecular formula is C21H15NO3. The number of nitriles is 1. The fraction of sp³-hybridized carbons (Fsp3) is 0.0476. The maximum absolute atomic E-state index is 12.1. The molecule has 0 fully saturated rings. The lowest BCUT2D eigenvalue weighted by Crippen LogP contribution is -2.08. The van der Waals surface area contributed by atoms with E-state index in [1.165, 1.54) is 0 Å². The molecule has 3 aromatic carbocycles. The average Bonchev–Trinajstić information content (AvgIpc) is 2.68. The van der Waals surface area contributed by atoms with Gasteiger partial charge in [-0.05, 0) is 59.7 Å². The van der Waals surface area contributed by atoms with E-state index in [-0.39, 0.29) is 0 Å². The van der Waals surface area contributed by atoms with Crippen molar-refractivity contribution < 1.29 is 14.3 Å². The molecule has 4 nitrogen and oxygen atoms in total. The Bertz CT molecular complexity index is 905. The van der Waals surface area contributed by atoms with Crippen molar-refractivity contribution in [3.63, 3.8) is 0 Å². The number of hydrogen-bond acceptors (Lipinski definition) is 4. The van der Waals surface area contributed by atoms with E-state index in [4.69, 9.17) is 14.7 Å². The first-order valence-electron chi connectivity index (χ1n) is 7.66. The molecule has 0 N–H and O–H groups in total. The lowest BCUT2D eigenvalue weighted by atomic mass is 10.0. The summed E-state index contributed by atoms with van der Waals surface area (Å²) < 4.78 is 10.4. The molecule has 0 bridgehead atoms. The Balaban J connectivity index is 1.71. The van der Waals surface area contributed by atoms with Gasteiger partial charge in [0.1, 0.15) is 11.5 Å². The fourth-order valence-corrected chi connectivity index (χ4v) is 2.35. The van der Waals surface area contributed by atoms with Gasteiger partial charge in [0.2, 0.25) is 0 Å². The second kappa shape index (κ2) is 7.33. The van der Waals surface area contributed by atoms with E-state index in [1.807, 2.05) is 24.3 Å². The molecule has 0 atom stereocenters. The molecule has 3 rings (SSSR count). The summed E-state index contributed by atoms with van der Waals surface area (Å²) >= 11 is 0. The Morgan fingerprint density at radius 2 is 1.32 bits per heavy atom. The van der Waals surface area contributed by atoms with Crippen molar-refractivity contribution in [3.8, 4) is 28.7 Å². The highest BCUT2D eigenvalue weighted by Gasteiger charge is 2.09. The van der Waals surface area contributed by atoms with Crippen molar-refractivity contribution in [3.05, 3.63) is 83.9 Å². The van der Waals surface area contributed by atoms with Crippen LogP contribution in [0.3, 0.4) is 0 Å². The van der Waals surface area contributed by atoms with Crippen molar-refractivity contribution in [2.24, 2.45) is 0 Å². The molecule has 0 aliphatic heterocycles. The highest BCUT2D eigenvalue weighted by molar-refractivity contribution is 5.91. The van der Waals surface area contributed by atoms with Gasteiger partial charge in [-0.1, -0.05) is 24.3 Å². The van der Waals surface area contributed by atoms with Gasteiger partial charge in [0, 0.05) is 0 Å². The van der Waals surface area contributed by atoms with Gasteiger partial charge in [0.25, 0.3) is 0 Å². The number of methoxy groups -OCH3 is 1. The molecule has 0 aliphatic rings. The number of benzene rings is 3. The summed E-state index contributed by atoms with van der Waals surface area (Å²) in [4.78, 5) is 12.1. The highest BCUT2D eigenvalue weighted by atomic mass is 16.5. The Morgan fingerprint density at radius 1 is 0.800 bits per heavy atom. The molecule has 4 heteroatoms. The van der Waals surface area contributed by atoms with Crippen LogP contribution >= 0.6 is 0 Å². The third-order valence-corrected chi connectivity index (χ3v) is 3.74. The zero-order chi connectivity index (χ0) is 17.6. The first-order chi connectivity index (χ1) is 12.2. The summed E-state index contributed by atoms with van der Waals surface area (Å²) in [6.07, 6.45) is 0. The molecule has 0 unspecified atom stereocenters. The van der Waals surface area contributed by atoms with Gasteiger partial charge < -0.3 is 9.47 Å². The molecular weight excluding hydrogens is 314 g/mol. The van der Waals surface area contributed by atoms with Gasteiger partial charge in [-0.3, -0.25) is 0 Å². The molecule has 3 aromatic rings. The Hall–Kier alpha value is -3.58. The van der Waals surface area contributed by atoms with Gasteiger partial charge in [-0.15, -0.1) is 0 Å². The predicted molar refractivity (Wildman–Crippen MR) is 94.5 cm³/mol. The molecule has 0 heterocycles. The monoisotopic (exact) mass is 329 g/mol. The van der Waals surface area contributed by atoms with E-state index in [0.29, 0.717) is 22.6 Å². The third-order valence-electron chi connectivity index (χ3n) is 3.74. The van der Waals surface area contributed by atoms with E-state index < -0.39 is 5.97 Å². The summed E-state index contributed by atoms with van der Waals surface area (Å²) in [7, 11) is 1.57. The zero-order valence-corrected chi connectivity index (χ0v) is 13.6. The van der Waals surface area contributed by atoms with Gasteiger partial charge >= 0.3 is 5.97 Å². The van der Waals surface area contributed by atoms with Crippen molar-refractivity contribution in [2.75, 3.05) is 7.11 Å². The van der Waals surface area contributed by atoms with Crippen molar-refractivity contribution in [1.82, 2.24) is 0 Å². The number of hydrogen-bond donors (Lipinski definition) is 0. The Morgan fingerprint density at radius 3 is 1.84 bits per heavy atom. The number of carbonyl (C=O) groups excluding carboxylic acids is 1. The number of nitrogens with zero attached hydrogens (tertiary/aromatic N) is 1. The van der Waals surface area contributed by atoms with Gasteiger partial charge in [0.15, 0.2) is 0 Å². The number of rotatable bonds is 4. The Labute approximate surface area is 145 Å². The predicted octanol–water partition coefficient (Wildman–Crippen LogP) is 4.45. The van der Waals surface area contributed by atoms with Crippen LogP contribution in [0.5, 0.6) is 11.5 Å². The molecule has 0 aromatic heterocycles. The maximum atomic E-state index is 12.1. The summed E-state index contributed by atoms with van der Waals surface area (Å²) in [6, 6.07) is 23.4. The SMILES string of the molecule is COc1ccc(C(=O)Oc2ccc(-c3ccc(C#N)cc3)cc2)cc1. The van der Waals surface area contributed by atoms with Crippen LogP contribution in [0, 0.1) is 11.3 Å². The summed E-state index contributed by atoms with van der Waals surface area (Å²) in [5, 5.41) is 8.84. The minimum absolute atomic E-state index is 0.422. The smallest absolute Gasteiger partial charge is 0.343 e. The number of esters is 1. The molecule has 0 radical (unpaired) electrons. The van der Waals surface area contributed by atoms with E-state index in [9.17, 15) is 4.79 Å². The van der Waals surface area contributed by atoms with Gasteiger partial charge in [-0.2, -0.15) is 5.26 Å². The molecule has 0 spiro atoms. The van der Waals surface area contributed by atoms with Gasteiger partial charge in [-0.25, -0.2) is 4.79 Å². The summed E-state index contributed by atoms with van der Waals surface area (Å²) in [5.41, 5.74) is 3.05. The molecule has 0 amide bonds. The van der Waals surface area contributed by atoms with Crippen LogP contribution < -0.4 is 9.47 Å². The normalized spacial score (nSPS) is 9.92. The van der Waals surface area contributed by atoms with Crippen LogP contribution in [-0.2, 0) is 0 Å². The van der Waals surface area contributed by atoms with Crippen LogP contribution in [0.4, 0.5) is 0 Å². The lowest BCUT2D eigenvalue weighted by Gasteiger charge is -2.07. The van der Waals surface area contributed by atoms with Crippen molar-refractivity contribution >= 4 is 5.97 Å².